The van der Waals surface area contributed by atoms with Crippen LogP contribution in [-0.2, 0) is 0 Å². The lowest BCUT2D eigenvalue weighted by atomic mass is 10.0. The summed E-state index contributed by atoms with van der Waals surface area (Å²) in [6.07, 6.45) is 5.61. The Bertz CT molecular complexity index is 635. The SMILES string of the molecule is O=C(c1c[nH]c2c(Cl)cccc12)C1C2CCCC21. The van der Waals surface area contributed by atoms with Gasteiger partial charge in [-0.05, 0) is 30.7 Å². The van der Waals surface area contributed by atoms with Gasteiger partial charge < -0.3 is 4.98 Å². The van der Waals surface area contributed by atoms with Crippen molar-refractivity contribution in [2.75, 3.05) is 0 Å². The maximum atomic E-state index is 12.5. The first kappa shape index (κ1) is 10.6. The molecule has 1 heterocycles. The Labute approximate surface area is 110 Å². The summed E-state index contributed by atoms with van der Waals surface area (Å²) in [6, 6.07) is 5.73. The fourth-order valence-electron chi connectivity index (χ4n) is 3.71. The highest BCUT2D eigenvalue weighted by molar-refractivity contribution is 6.35. The van der Waals surface area contributed by atoms with Gasteiger partial charge in [-0.1, -0.05) is 30.2 Å². The molecule has 92 valence electrons. The standard InChI is InChI=1S/C15H14ClNO/c16-12-6-2-5-10-11(7-17-14(10)12)15(18)13-8-3-1-4-9(8)13/h2,5-9,13,17H,1,3-4H2. The third kappa shape index (κ3) is 1.33. The predicted octanol–water partition coefficient (Wildman–Crippen LogP) is 4.05. The largest absolute Gasteiger partial charge is 0.359 e. The number of nitrogens with one attached hydrogen (secondary N) is 1. The van der Waals surface area contributed by atoms with E-state index in [1.54, 1.807) is 0 Å². The smallest absolute Gasteiger partial charge is 0.168 e. The zero-order chi connectivity index (χ0) is 12.3. The van der Waals surface area contributed by atoms with Gasteiger partial charge in [0.05, 0.1) is 10.5 Å². The quantitative estimate of drug-likeness (QED) is 0.811. The van der Waals surface area contributed by atoms with Crippen molar-refractivity contribution in [3.8, 4) is 0 Å². The van der Waals surface area contributed by atoms with Gasteiger partial charge in [-0.25, -0.2) is 0 Å². The summed E-state index contributed by atoms with van der Waals surface area (Å²) >= 11 is 6.12. The molecule has 0 radical (unpaired) electrons. The number of carbonyl (C=O) groups excluding carboxylic acids is 1. The molecule has 1 aromatic heterocycles. The number of aromatic nitrogens is 1. The Morgan fingerprint density at radius 2 is 2.06 bits per heavy atom. The van der Waals surface area contributed by atoms with Crippen molar-refractivity contribution >= 4 is 28.3 Å². The fourth-order valence-corrected chi connectivity index (χ4v) is 3.94. The molecule has 1 aromatic carbocycles. The fraction of sp³-hybridized carbons (Fsp3) is 0.400. The Balaban J connectivity index is 1.75. The minimum Gasteiger partial charge on any atom is -0.359 e. The molecule has 0 aliphatic heterocycles. The van der Waals surface area contributed by atoms with Crippen LogP contribution in [0.25, 0.3) is 10.9 Å². The molecule has 3 heteroatoms. The lowest BCUT2D eigenvalue weighted by molar-refractivity contribution is 0.0953. The summed E-state index contributed by atoms with van der Waals surface area (Å²) in [4.78, 5) is 15.7. The number of benzene rings is 1. The zero-order valence-corrected chi connectivity index (χ0v) is 10.7. The summed E-state index contributed by atoms with van der Waals surface area (Å²) in [6.45, 7) is 0. The van der Waals surface area contributed by atoms with Gasteiger partial charge in [0.2, 0.25) is 0 Å². The van der Waals surface area contributed by atoms with Gasteiger partial charge in [0.1, 0.15) is 0 Å². The van der Waals surface area contributed by atoms with E-state index in [4.69, 9.17) is 11.6 Å². The number of ketones is 1. The number of fused-ring (bicyclic) bond motifs is 2. The van der Waals surface area contributed by atoms with Crippen LogP contribution in [0, 0.1) is 17.8 Å². The highest BCUT2D eigenvalue weighted by atomic mass is 35.5. The van der Waals surface area contributed by atoms with E-state index in [-0.39, 0.29) is 5.92 Å². The van der Waals surface area contributed by atoms with E-state index in [2.05, 4.69) is 4.98 Å². The van der Waals surface area contributed by atoms with Crippen LogP contribution in [0.2, 0.25) is 5.02 Å². The highest BCUT2D eigenvalue weighted by Gasteiger charge is 2.56. The molecule has 0 spiro atoms. The monoisotopic (exact) mass is 259 g/mol. The summed E-state index contributed by atoms with van der Waals surface area (Å²) in [5.74, 6) is 1.94. The minimum atomic E-state index is 0.289. The summed E-state index contributed by atoms with van der Waals surface area (Å²) < 4.78 is 0. The number of carbonyl (C=O) groups is 1. The van der Waals surface area contributed by atoms with Crippen LogP contribution in [0.3, 0.4) is 0 Å². The first-order valence-electron chi connectivity index (χ1n) is 6.57. The average Bonchev–Trinajstić information content (AvgIpc) is 2.79. The topological polar surface area (TPSA) is 32.9 Å². The molecule has 4 rings (SSSR count). The van der Waals surface area contributed by atoms with Crippen molar-refractivity contribution < 1.29 is 4.79 Å². The molecule has 2 aromatic rings. The van der Waals surface area contributed by atoms with Crippen LogP contribution < -0.4 is 0 Å². The average molecular weight is 260 g/mol. The summed E-state index contributed by atoms with van der Waals surface area (Å²) in [7, 11) is 0. The van der Waals surface area contributed by atoms with Crippen molar-refractivity contribution in [2.24, 2.45) is 17.8 Å². The van der Waals surface area contributed by atoms with E-state index in [1.165, 1.54) is 19.3 Å². The normalized spacial score (nSPS) is 29.5. The van der Waals surface area contributed by atoms with Gasteiger partial charge in [-0.2, -0.15) is 0 Å². The number of H-pyrrole nitrogens is 1. The molecular weight excluding hydrogens is 246 g/mol. The Morgan fingerprint density at radius 3 is 2.83 bits per heavy atom. The first-order valence-corrected chi connectivity index (χ1v) is 6.95. The third-order valence-electron chi connectivity index (χ3n) is 4.64. The van der Waals surface area contributed by atoms with E-state index < -0.39 is 0 Å². The molecule has 18 heavy (non-hydrogen) atoms. The van der Waals surface area contributed by atoms with Crippen molar-refractivity contribution in [1.29, 1.82) is 0 Å². The van der Waals surface area contributed by atoms with Crippen molar-refractivity contribution in [3.63, 3.8) is 0 Å². The molecule has 0 saturated heterocycles. The lowest BCUT2D eigenvalue weighted by Gasteiger charge is -2.01. The van der Waals surface area contributed by atoms with Crippen LogP contribution in [0.5, 0.6) is 0 Å². The molecule has 0 bridgehead atoms. The molecule has 2 fully saturated rings. The predicted molar refractivity (Wildman–Crippen MR) is 72.0 cm³/mol. The lowest BCUT2D eigenvalue weighted by Crippen LogP contribution is -2.05. The second-order valence-corrected chi connectivity index (χ2v) is 5.92. The third-order valence-corrected chi connectivity index (χ3v) is 4.95. The number of rotatable bonds is 2. The minimum absolute atomic E-state index is 0.289. The van der Waals surface area contributed by atoms with E-state index in [9.17, 15) is 4.79 Å². The van der Waals surface area contributed by atoms with Gasteiger partial charge in [0, 0.05) is 23.1 Å². The van der Waals surface area contributed by atoms with Gasteiger partial charge in [0.15, 0.2) is 5.78 Å². The zero-order valence-electron chi connectivity index (χ0n) is 9.95. The second-order valence-electron chi connectivity index (χ2n) is 5.51. The van der Waals surface area contributed by atoms with E-state index in [1.807, 2.05) is 24.4 Å². The molecule has 0 amide bonds. The number of hydrogen-bond donors (Lipinski definition) is 1. The van der Waals surface area contributed by atoms with Crippen LogP contribution in [0.15, 0.2) is 24.4 Å². The molecule has 2 saturated carbocycles. The molecular formula is C15H14ClNO. The molecule has 2 aliphatic rings. The first-order chi connectivity index (χ1) is 8.77. The van der Waals surface area contributed by atoms with Crippen molar-refractivity contribution in [1.82, 2.24) is 4.98 Å². The van der Waals surface area contributed by atoms with Gasteiger partial charge in [0.25, 0.3) is 0 Å². The number of para-hydroxylation sites is 1. The summed E-state index contributed by atoms with van der Waals surface area (Å²) in [5.41, 5.74) is 1.71. The molecule has 2 unspecified atom stereocenters. The van der Waals surface area contributed by atoms with Crippen LogP contribution in [0.4, 0.5) is 0 Å². The van der Waals surface area contributed by atoms with E-state index >= 15 is 0 Å². The molecule has 1 N–H and O–H groups in total. The second kappa shape index (κ2) is 3.61. The van der Waals surface area contributed by atoms with Crippen LogP contribution in [-0.4, -0.2) is 10.8 Å². The van der Waals surface area contributed by atoms with E-state index in [0.717, 1.165) is 16.5 Å². The van der Waals surface area contributed by atoms with E-state index in [0.29, 0.717) is 22.6 Å². The number of hydrogen-bond acceptors (Lipinski definition) is 1. The molecule has 2 nitrogen and oxygen atoms in total. The Morgan fingerprint density at radius 1 is 1.28 bits per heavy atom. The highest BCUT2D eigenvalue weighted by Crippen LogP contribution is 2.58. The van der Waals surface area contributed by atoms with Crippen molar-refractivity contribution in [3.05, 3.63) is 35.0 Å². The molecule has 2 atom stereocenters. The Kier molecular flexibility index (Phi) is 2.13. The number of aromatic amines is 1. The van der Waals surface area contributed by atoms with Crippen LogP contribution >= 0.6 is 11.6 Å². The Hall–Kier alpha value is -1.28. The summed E-state index contributed by atoms with van der Waals surface area (Å²) in [5, 5.41) is 1.65. The van der Waals surface area contributed by atoms with Gasteiger partial charge in [-0.3, -0.25) is 4.79 Å². The maximum Gasteiger partial charge on any atom is 0.168 e. The number of Topliss-reactive ketones (excluding diaryl/α,β-unsaturated/α-hetero) is 1. The maximum absolute atomic E-state index is 12.5. The molecule has 2 aliphatic carbocycles. The van der Waals surface area contributed by atoms with Gasteiger partial charge >= 0.3 is 0 Å². The number of halogens is 1. The van der Waals surface area contributed by atoms with Crippen molar-refractivity contribution in [2.45, 2.75) is 19.3 Å². The van der Waals surface area contributed by atoms with Crippen LogP contribution in [0.1, 0.15) is 29.6 Å². The van der Waals surface area contributed by atoms with Gasteiger partial charge in [-0.15, -0.1) is 0 Å².